The molecule has 0 bridgehead atoms. The number of carbonyl (C=O) groups is 1. The summed E-state index contributed by atoms with van der Waals surface area (Å²) in [7, 11) is -3.57. The molecule has 3 rings (SSSR count). The maximum Gasteiger partial charge on any atom is 0.236 e. The van der Waals surface area contributed by atoms with Crippen LogP contribution in [0.5, 0.6) is 0 Å². The first-order chi connectivity index (χ1) is 13.9. The normalized spacial score (nSPS) is 16.2. The molecule has 0 unspecified atom stereocenters. The van der Waals surface area contributed by atoms with E-state index in [2.05, 4.69) is 5.32 Å². The summed E-state index contributed by atoms with van der Waals surface area (Å²) in [5, 5.41) is 3.79. The molecule has 8 heteroatoms. The van der Waals surface area contributed by atoms with E-state index in [0.29, 0.717) is 12.8 Å². The lowest BCUT2D eigenvalue weighted by Gasteiger charge is -2.29. The second-order valence-electron chi connectivity index (χ2n) is 6.86. The van der Waals surface area contributed by atoms with Gasteiger partial charge in [0.25, 0.3) is 0 Å². The molecular weight excluding hydrogens is 398 g/mol. The summed E-state index contributed by atoms with van der Waals surface area (Å²) in [4.78, 5) is 12.3. The summed E-state index contributed by atoms with van der Waals surface area (Å²) in [6, 6.07) is 12.9. The lowest BCUT2D eigenvalue weighted by molar-refractivity contribution is -0.126. The van der Waals surface area contributed by atoms with Gasteiger partial charge in [-0.15, -0.1) is 0 Å². The predicted octanol–water partition coefficient (Wildman–Crippen LogP) is 3.29. The van der Waals surface area contributed by atoms with Crippen molar-refractivity contribution in [3.05, 3.63) is 76.7 Å². The van der Waals surface area contributed by atoms with Crippen molar-refractivity contribution >= 4 is 22.0 Å². The zero-order valence-corrected chi connectivity index (χ0v) is 16.5. The standard InChI is InChI=1S/C21H22F2N2O3S/c22-19-8-4-7-18(20(19)23)15-24-21(26)17-9-12-25(13-10-17)29(27,28)14-11-16-5-2-1-3-6-16/h1-8,11,14,17H,9-10,12-13,15H2,(H,24,26)/b14-11+. The van der Waals surface area contributed by atoms with E-state index in [1.165, 1.54) is 21.8 Å². The molecule has 2 aromatic rings. The molecule has 0 radical (unpaired) electrons. The van der Waals surface area contributed by atoms with Gasteiger partial charge in [-0.3, -0.25) is 4.79 Å². The second-order valence-corrected chi connectivity index (χ2v) is 8.68. The Kier molecular flexibility index (Phi) is 6.76. The summed E-state index contributed by atoms with van der Waals surface area (Å²) < 4.78 is 53.2. The average Bonchev–Trinajstić information content (AvgIpc) is 2.74. The number of sulfonamides is 1. The van der Waals surface area contributed by atoms with Gasteiger partial charge in [-0.2, -0.15) is 4.31 Å². The minimum absolute atomic E-state index is 0.0735. The molecule has 0 saturated carbocycles. The highest BCUT2D eigenvalue weighted by Gasteiger charge is 2.29. The molecule has 1 N–H and O–H groups in total. The minimum atomic E-state index is -3.57. The third kappa shape index (κ3) is 5.48. The quantitative estimate of drug-likeness (QED) is 0.780. The molecule has 5 nitrogen and oxygen atoms in total. The molecule has 154 valence electrons. The van der Waals surface area contributed by atoms with E-state index in [4.69, 9.17) is 0 Å². The van der Waals surface area contributed by atoms with Crippen LogP contribution >= 0.6 is 0 Å². The molecule has 1 fully saturated rings. The number of benzene rings is 2. The summed E-state index contributed by atoms with van der Waals surface area (Å²) in [5.74, 6) is -2.58. The van der Waals surface area contributed by atoms with Crippen molar-refractivity contribution in [2.75, 3.05) is 13.1 Å². The molecule has 0 spiro atoms. The molecule has 29 heavy (non-hydrogen) atoms. The first kappa shape index (κ1) is 21.1. The number of hydrogen-bond acceptors (Lipinski definition) is 3. The average molecular weight is 420 g/mol. The fourth-order valence-electron chi connectivity index (χ4n) is 3.20. The van der Waals surface area contributed by atoms with Crippen LogP contribution in [-0.4, -0.2) is 31.7 Å². The zero-order valence-electron chi connectivity index (χ0n) is 15.7. The zero-order chi connectivity index (χ0) is 20.9. The second kappa shape index (κ2) is 9.28. The van der Waals surface area contributed by atoms with E-state index in [1.54, 1.807) is 6.08 Å². The van der Waals surface area contributed by atoms with E-state index in [1.807, 2.05) is 30.3 Å². The van der Waals surface area contributed by atoms with Crippen LogP contribution < -0.4 is 5.32 Å². The lowest BCUT2D eigenvalue weighted by Crippen LogP contribution is -2.42. The van der Waals surface area contributed by atoms with E-state index in [-0.39, 0.29) is 37.0 Å². The van der Waals surface area contributed by atoms with Crippen molar-refractivity contribution in [3.8, 4) is 0 Å². The molecule has 1 aliphatic heterocycles. The van der Waals surface area contributed by atoms with Crippen LogP contribution in [0.3, 0.4) is 0 Å². The Morgan fingerprint density at radius 3 is 2.45 bits per heavy atom. The van der Waals surface area contributed by atoms with Gasteiger partial charge in [-0.1, -0.05) is 42.5 Å². The van der Waals surface area contributed by atoms with Crippen molar-refractivity contribution in [2.24, 2.45) is 5.92 Å². The Balaban J connectivity index is 1.52. The molecule has 1 aliphatic rings. The van der Waals surface area contributed by atoms with Crippen LogP contribution in [0.25, 0.3) is 6.08 Å². The van der Waals surface area contributed by atoms with E-state index in [9.17, 15) is 22.0 Å². The number of rotatable bonds is 6. The van der Waals surface area contributed by atoms with Gasteiger partial charge < -0.3 is 5.32 Å². The van der Waals surface area contributed by atoms with Gasteiger partial charge in [0, 0.05) is 36.5 Å². The summed E-state index contributed by atoms with van der Waals surface area (Å²) >= 11 is 0. The maximum atomic E-state index is 13.7. The largest absolute Gasteiger partial charge is 0.352 e. The number of hydrogen-bond donors (Lipinski definition) is 1. The van der Waals surface area contributed by atoms with Gasteiger partial charge in [-0.25, -0.2) is 17.2 Å². The van der Waals surface area contributed by atoms with E-state index >= 15 is 0 Å². The highest BCUT2D eigenvalue weighted by atomic mass is 32.2. The Morgan fingerprint density at radius 2 is 1.76 bits per heavy atom. The number of halogens is 2. The van der Waals surface area contributed by atoms with Crippen LogP contribution in [0.15, 0.2) is 53.9 Å². The van der Waals surface area contributed by atoms with Crippen LogP contribution in [-0.2, 0) is 21.4 Å². The van der Waals surface area contributed by atoms with Crippen molar-refractivity contribution < 1.29 is 22.0 Å². The monoisotopic (exact) mass is 420 g/mol. The van der Waals surface area contributed by atoms with Crippen molar-refractivity contribution in [3.63, 3.8) is 0 Å². The summed E-state index contributed by atoms with van der Waals surface area (Å²) in [6.07, 6.45) is 2.29. The van der Waals surface area contributed by atoms with Crippen LogP contribution in [0.2, 0.25) is 0 Å². The van der Waals surface area contributed by atoms with Crippen LogP contribution in [0.4, 0.5) is 8.78 Å². The van der Waals surface area contributed by atoms with Gasteiger partial charge >= 0.3 is 0 Å². The summed E-state index contributed by atoms with van der Waals surface area (Å²) in [6.45, 7) is 0.350. The van der Waals surface area contributed by atoms with Gasteiger partial charge in [0.05, 0.1) is 0 Å². The van der Waals surface area contributed by atoms with Crippen LogP contribution in [0.1, 0.15) is 24.0 Å². The number of nitrogens with zero attached hydrogens (tertiary/aromatic N) is 1. The Morgan fingerprint density at radius 1 is 1.07 bits per heavy atom. The van der Waals surface area contributed by atoms with Gasteiger partial charge in [0.15, 0.2) is 11.6 Å². The number of nitrogens with one attached hydrogen (secondary N) is 1. The highest BCUT2D eigenvalue weighted by molar-refractivity contribution is 7.92. The predicted molar refractivity (Wildman–Crippen MR) is 107 cm³/mol. The molecular formula is C21H22F2N2O3S. The van der Waals surface area contributed by atoms with Gasteiger partial charge in [0.1, 0.15) is 0 Å². The van der Waals surface area contributed by atoms with Crippen molar-refractivity contribution in [1.82, 2.24) is 9.62 Å². The molecule has 0 aliphatic carbocycles. The topological polar surface area (TPSA) is 66.5 Å². The van der Waals surface area contributed by atoms with Crippen molar-refractivity contribution in [1.29, 1.82) is 0 Å². The Bertz CT molecular complexity index is 986. The molecule has 0 atom stereocenters. The van der Waals surface area contributed by atoms with E-state index in [0.717, 1.165) is 11.6 Å². The van der Waals surface area contributed by atoms with Crippen LogP contribution in [0, 0.1) is 17.6 Å². The highest BCUT2D eigenvalue weighted by Crippen LogP contribution is 2.21. The SMILES string of the molecule is O=C(NCc1cccc(F)c1F)C1CCN(S(=O)(=O)/C=C/c2ccccc2)CC1. The summed E-state index contributed by atoms with van der Waals surface area (Å²) in [5.41, 5.74) is 0.860. The molecule has 1 heterocycles. The first-order valence-electron chi connectivity index (χ1n) is 9.31. The van der Waals surface area contributed by atoms with Gasteiger partial charge in [0.2, 0.25) is 15.9 Å². The molecule has 1 saturated heterocycles. The third-order valence-electron chi connectivity index (χ3n) is 4.90. The number of carbonyl (C=O) groups excluding carboxylic acids is 1. The Labute approximate surface area is 169 Å². The molecule has 0 aromatic heterocycles. The minimum Gasteiger partial charge on any atom is -0.352 e. The fourth-order valence-corrected chi connectivity index (χ4v) is 4.42. The van der Waals surface area contributed by atoms with Gasteiger partial charge in [-0.05, 0) is 30.5 Å². The third-order valence-corrected chi connectivity index (χ3v) is 6.47. The van der Waals surface area contributed by atoms with Crippen molar-refractivity contribution in [2.45, 2.75) is 19.4 Å². The number of amides is 1. The fraction of sp³-hybridized carbons (Fsp3) is 0.286. The maximum absolute atomic E-state index is 13.7. The lowest BCUT2D eigenvalue weighted by atomic mass is 9.97. The first-order valence-corrected chi connectivity index (χ1v) is 10.8. The molecule has 2 aromatic carbocycles. The number of piperidine rings is 1. The molecule has 1 amide bonds. The smallest absolute Gasteiger partial charge is 0.236 e. The van der Waals surface area contributed by atoms with E-state index < -0.39 is 21.7 Å². The Hall–Kier alpha value is -2.58.